The summed E-state index contributed by atoms with van der Waals surface area (Å²) in [6.07, 6.45) is 3.71. The van der Waals surface area contributed by atoms with Crippen LogP contribution in [-0.4, -0.2) is 31.6 Å². The summed E-state index contributed by atoms with van der Waals surface area (Å²) in [5.74, 6) is 0. The van der Waals surface area contributed by atoms with E-state index < -0.39 is 0 Å². The Balaban J connectivity index is 1.99. The van der Waals surface area contributed by atoms with Crippen molar-refractivity contribution in [2.75, 3.05) is 20.6 Å². The van der Waals surface area contributed by atoms with Crippen LogP contribution in [0.25, 0.3) is 0 Å². The molecule has 17 heavy (non-hydrogen) atoms. The van der Waals surface area contributed by atoms with Gasteiger partial charge in [0.1, 0.15) is 0 Å². The van der Waals surface area contributed by atoms with E-state index in [1.54, 1.807) is 11.3 Å². The maximum atomic E-state index is 6.11. The highest BCUT2D eigenvalue weighted by Crippen LogP contribution is 2.37. The molecule has 2 atom stereocenters. The van der Waals surface area contributed by atoms with Crippen molar-refractivity contribution in [3.05, 3.63) is 20.8 Å². The van der Waals surface area contributed by atoms with Crippen LogP contribution in [0.5, 0.6) is 0 Å². The van der Waals surface area contributed by atoms with Gasteiger partial charge in [-0.05, 0) is 51.9 Å². The molecular formula is C13H21ClN2S. The van der Waals surface area contributed by atoms with Gasteiger partial charge in [0.2, 0.25) is 0 Å². The van der Waals surface area contributed by atoms with E-state index in [1.807, 2.05) is 0 Å². The van der Waals surface area contributed by atoms with E-state index in [1.165, 1.54) is 29.7 Å². The summed E-state index contributed by atoms with van der Waals surface area (Å²) < 4.78 is 0.935. The lowest BCUT2D eigenvalue weighted by atomic mass is 9.94. The lowest BCUT2D eigenvalue weighted by molar-refractivity contribution is 0.288. The molecule has 1 aliphatic rings. The van der Waals surface area contributed by atoms with Gasteiger partial charge < -0.3 is 10.2 Å². The summed E-state index contributed by atoms with van der Waals surface area (Å²) in [7, 11) is 4.25. The molecular weight excluding hydrogens is 252 g/mol. The molecule has 2 unspecified atom stereocenters. The van der Waals surface area contributed by atoms with Crippen LogP contribution in [0.3, 0.4) is 0 Å². The maximum Gasteiger partial charge on any atom is 0.0934 e. The monoisotopic (exact) mass is 272 g/mol. The Hall–Kier alpha value is -0.0900. The van der Waals surface area contributed by atoms with E-state index in [4.69, 9.17) is 11.6 Å². The minimum Gasteiger partial charge on any atom is -0.308 e. The highest BCUT2D eigenvalue weighted by molar-refractivity contribution is 7.16. The summed E-state index contributed by atoms with van der Waals surface area (Å²) in [6, 6.07) is 3.22. The molecule has 0 bridgehead atoms. The predicted molar refractivity (Wildman–Crippen MR) is 76.2 cm³/mol. The number of rotatable bonds is 4. The second-order valence-corrected chi connectivity index (χ2v) is 6.86. The zero-order valence-corrected chi connectivity index (χ0v) is 12.4. The number of nitrogens with zero attached hydrogens (tertiary/aromatic N) is 1. The second kappa shape index (κ2) is 5.70. The van der Waals surface area contributed by atoms with Gasteiger partial charge in [-0.2, -0.15) is 0 Å². The van der Waals surface area contributed by atoms with Gasteiger partial charge in [0, 0.05) is 23.5 Å². The third-order valence-corrected chi connectivity index (χ3v) is 4.96. The quantitative estimate of drug-likeness (QED) is 0.905. The van der Waals surface area contributed by atoms with Gasteiger partial charge in [0.15, 0.2) is 0 Å². The van der Waals surface area contributed by atoms with Crippen molar-refractivity contribution in [3.8, 4) is 0 Å². The zero-order chi connectivity index (χ0) is 12.4. The minimum absolute atomic E-state index is 0.505. The molecule has 0 aliphatic heterocycles. The van der Waals surface area contributed by atoms with E-state index in [0.717, 1.165) is 10.9 Å². The van der Waals surface area contributed by atoms with E-state index in [2.05, 4.69) is 37.3 Å². The number of nitrogens with one attached hydrogen (secondary N) is 1. The molecule has 0 saturated heterocycles. The molecule has 96 valence electrons. The van der Waals surface area contributed by atoms with Crippen molar-refractivity contribution < 1.29 is 0 Å². The van der Waals surface area contributed by atoms with Crippen LogP contribution >= 0.6 is 22.9 Å². The first kappa shape index (κ1) is 13.3. The number of hydrogen-bond acceptors (Lipinski definition) is 3. The summed E-state index contributed by atoms with van der Waals surface area (Å²) in [5, 5.41) is 3.68. The maximum absolute atomic E-state index is 6.11. The van der Waals surface area contributed by atoms with Crippen LogP contribution < -0.4 is 5.32 Å². The van der Waals surface area contributed by atoms with Crippen LogP contribution in [0, 0.1) is 0 Å². The van der Waals surface area contributed by atoms with Gasteiger partial charge in [-0.1, -0.05) is 11.6 Å². The summed E-state index contributed by atoms with van der Waals surface area (Å²) in [5.41, 5.74) is 1.44. The van der Waals surface area contributed by atoms with Gasteiger partial charge in [-0.3, -0.25) is 0 Å². The highest BCUT2D eigenvalue weighted by atomic mass is 35.5. The third-order valence-electron chi connectivity index (χ3n) is 3.62. The second-order valence-electron chi connectivity index (χ2n) is 5.09. The van der Waals surface area contributed by atoms with Gasteiger partial charge >= 0.3 is 0 Å². The number of thiophene rings is 1. The molecule has 1 heterocycles. The van der Waals surface area contributed by atoms with Crippen LogP contribution in [0.4, 0.5) is 0 Å². The van der Waals surface area contributed by atoms with Gasteiger partial charge in [0.05, 0.1) is 4.34 Å². The molecule has 0 radical (unpaired) electrons. The SMILES string of the molecule is CC(CNC1CCCc2sc(Cl)cc21)N(C)C. The highest BCUT2D eigenvalue weighted by Gasteiger charge is 2.22. The number of fused-ring (bicyclic) bond motifs is 1. The van der Waals surface area contributed by atoms with Crippen LogP contribution in [0.15, 0.2) is 6.07 Å². The fourth-order valence-electron chi connectivity index (χ4n) is 2.23. The molecule has 4 heteroatoms. The van der Waals surface area contributed by atoms with Crippen molar-refractivity contribution in [1.82, 2.24) is 10.2 Å². The largest absolute Gasteiger partial charge is 0.308 e. The molecule has 0 saturated carbocycles. The average molecular weight is 273 g/mol. The number of halogens is 1. The first-order valence-corrected chi connectivity index (χ1v) is 7.45. The minimum atomic E-state index is 0.505. The van der Waals surface area contributed by atoms with Crippen molar-refractivity contribution in [3.63, 3.8) is 0 Å². The number of likely N-dealkylation sites (N-methyl/N-ethyl adjacent to an activating group) is 1. The molecule has 0 fully saturated rings. The molecule has 2 rings (SSSR count). The molecule has 0 aromatic carbocycles. The van der Waals surface area contributed by atoms with Gasteiger partial charge in [-0.25, -0.2) is 0 Å². The Morgan fingerprint density at radius 2 is 2.35 bits per heavy atom. The van der Waals surface area contributed by atoms with Crippen LogP contribution in [0.2, 0.25) is 4.34 Å². The van der Waals surface area contributed by atoms with E-state index in [9.17, 15) is 0 Å². The van der Waals surface area contributed by atoms with E-state index in [-0.39, 0.29) is 0 Å². The fourth-order valence-corrected chi connectivity index (χ4v) is 3.61. The fraction of sp³-hybridized carbons (Fsp3) is 0.692. The first-order valence-electron chi connectivity index (χ1n) is 6.26. The normalized spacial score (nSPS) is 21.6. The lowest BCUT2D eigenvalue weighted by Gasteiger charge is -2.27. The van der Waals surface area contributed by atoms with Crippen molar-refractivity contribution in [2.45, 2.75) is 38.3 Å². The number of aryl methyl sites for hydroxylation is 1. The Kier molecular flexibility index (Phi) is 4.47. The molecule has 2 nitrogen and oxygen atoms in total. The zero-order valence-electron chi connectivity index (χ0n) is 10.8. The Bertz CT molecular complexity index is 375. The molecule has 1 aromatic rings. The van der Waals surface area contributed by atoms with Gasteiger partial charge in [-0.15, -0.1) is 11.3 Å². The summed E-state index contributed by atoms with van der Waals surface area (Å²) in [4.78, 5) is 3.73. The Morgan fingerprint density at radius 1 is 1.59 bits per heavy atom. The molecule has 0 spiro atoms. The smallest absolute Gasteiger partial charge is 0.0934 e. The third kappa shape index (κ3) is 3.22. The predicted octanol–water partition coefficient (Wildman–Crippen LogP) is 3.32. The summed E-state index contributed by atoms with van der Waals surface area (Å²) in [6.45, 7) is 3.28. The lowest BCUT2D eigenvalue weighted by Crippen LogP contribution is -2.37. The van der Waals surface area contributed by atoms with Crippen LogP contribution in [0.1, 0.15) is 36.2 Å². The molecule has 1 aromatic heterocycles. The average Bonchev–Trinajstić information content (AvgIpc) is 2.66. The van der Waals surface area contributed by atoms with E-state index in [0.29, 0.717) is 12.1 Å². The van der Waals surface area contributed by atoms with Gasteiger partial charge in [0.25, 0.3) is 0 Å². The van der Waals surface area contributed by atoms with Crippen molar-refractivity contribution in [1.29, 1.82) is 0 Å². The van der Waals surface area contributed by atoms with Crippen molar-refractivity contribution >= 4 is 22.9 Å². The van der Waals surface area contributed by atoms with Crippen molar-refractivity contribution in [2.24, 2.45) is 0 Å². The Labute approximate surface area is 113 Å². The van der Waals surface area contributed by atoms with E-state index >= 15 is 0 Å². The molecule has 0 amide bonds. The Morgan fingerprint density at radius 3 is 3.06 bits per heavy atom. The van der Waals surface area contributed by atoms with Crippen LogP contribution in [-0.2, 0) is 6.42 Å². The topological polar surface area (TPSA) is 15.3 Å². The molecule has 1 N–H and O–H groups in total. The number of hydrogen-bond donors (Lipinski definition) is 1. The summed E-state index contributed by atoms with van der Waals surface area (Å²) >= 11 is 7.86. The molecule has 1 aliphatic carbocycles. The first-order chi connectivity index (χ1) is 8.08. The standard InChI is InChI=1S/C13H21ClN2S/c1-9(16(2)3)8-15-11-5-4-6-12-10(11)7-13(14)17-12/h7,9,11,15H,4-6,8H2,1-3H3.